The van der Waals surface area contributed by atoms with Crippen LogP contribution in [-0.2, 0) is 6.42 Å². The predicted molar refractivity (Wildman–Crippen MR) is 70.5 cm³/mol. The normalized spacial score (nSPS) is 13.1. The zero-order chi connectivity index (χ0) is 12.8. The SMILES string of the molecule is CNC(CSC(C)C)Cc1cc(F)cc(F)c1. The van der Waals surface area contributed by atoms with Gasteiger partial charge in [-0.25, -0.2) is 8.78 Å². The summed E-state index contributed by atoms with van der Waals surface area (Å²) in [7, 11) is 1.88. The summed E-state index contributed by atoms with van der Waals surface area (Å²) in [4.78, 5) is 0. The molecule has 0 aliphatic heterocycles. The molecular weight excluding hydrogens is 240 g/mol. The van der Waals surface area contributed by atoms with Crippen LogP contribution in [-0.4, -0.2) is 24.1 Å². The first kappa shape index (κ1) is 14.5. The number of benzene rings is 1. The molecule has 1 nitrogen and oxygen atoms in total. The fraction of sp³-hybridized carbons (Fsp3) is 0.538. The highest BCUT2D eigenvalue weighted by molar-refractivity contribution is 7.99. The molecule has 0 aliphatic carbocycles. The van der Waals surface area contributed by atoms with Crippen molar-refractivity contribution in [3.8, 4) is 0 Å². The Labute approximate surface area is 106 Å². The van der Waals surface area contributed by atoms with Crippen LogP contribution in [0.3, 0.4) is 0 Å². The largest absolute Gasteiger partial charge is 0.316 e. The first-order chi connectivity index (χ1) is 8.01. The van der Waals surface area contributed by atoms with Gasteiger partial charge in [-0.1, -0.05) is 13.8 Å². The third kappa shape index (κ3) is 5.50. The molecule has 0 bridgehead atoms. The lowest BCUT2D eigenvalue weighted by Gasteiger charge is -2.17. The van der Waals surface area contributed by atoms with Crippen LogP contribution in [0.2, 0.25) is 0 Å². The minimum atomic E-state index is -0.508. The molecule has 96 valence electrons. The van der Waals surface area contributed by atoms with Crippen molar-refractivity contribution in [1.29, 1.82) is 0 Å². The predicted octanol–water partition coefficient (Wildman–Crippen LogP) is 3.24. The molecule has 17 heavy (non-hydrogen) atoms. The van der Waals surface area contributed by atoms with Gasteiger partial charge in [-0.3, -0.25) is 0 Å². The fourth-order valence-corrected chi connectivity index (χ4v) is 2.47. The molecule has 4 heteroatoms. The number of hydrogen-bond donors (Lipinski definition) is 1. The smallest absolute Gasteiger partial charge is 0.126 e. The summed E-state index contributed by atoms with van der Waals surface area (Å²) in [6, 6.07) is 3.94. The molecule has 1 rings (SSSR count). The Morgan fingerprint density at radius 1 is 1.18 bits per heavy atom. The maximum absolute atomic E-state index is 13.0. The first-order valence-corrected chi connectivity index (χ1v) is 6.80. The molecule has 0 spiro atoms. The molecule has 1 aromatic rings. The molecule has 0 radical (unpaired) electrons. The van der Waals surface area contributed by atoms with E-state index in [4.69, 9.17) is 0 Å². The number of halogens is 2. The molecule has 0 saturated heterocycles. The van der Waals surface area contributed by atoms with Crippen molar-refractivity contribution >= 4 is 11.8 Å². The van der Waals surface area contributed by atoms with Gasteiger partial charge in [-0.05, 0) is 36.4 Å². The average molecular weight is 259 g/mol. The fourth-order valence-electron chi connectivity index (χ4n) is 1.57. The van der Waals surface area contributed by atoms with Crippen LogP contribution >= 0.6 is 11.8 Å². The Balaban J connectivity index is 2.60. The Morgan fingerprint density at radius 3 is 2.24 bits per heavy atom. The monoisotopic (exact) mass is 259 g/mol. The number of likely N-dealkylation sites (N-methyl/N-ethyl adjacent to an activating group) is 1. The molecule has 1 unspecified atom stereocenters. The van der Waals surface area contributed by atoms with Gasteiger partial charge < -0.3 is 5.32 Å². The number of hydrogen-bond acceptors (Lipinski definition) is 2. The minimum Gasteiger partial charge on any atom is -0.316 e. The molecule has 0 fully saturated rings. The van der Waals surface area contributed by atoms with E-state index in [0.717, 1.165) is 11.8 Å². The lowest BCUT2D eigenvalue weighted by Crippen LogP contribution is -2.30. The van der Waals surface area contributed by atoms with Crippen molar-refractivity contribution in [1.82, 2.24) is 5.32 Å². The van der Waals surface area contributed by atoms with Crippen LogP contribution in [0.5, 0.6) is 0 Å². The maximum atomic E-state index is 13.0. The summed E-state index contributed by atoms with van der Waals surface area (Å²) >= 11 is 1.84. The second-order valence-corrected chi connectivity index (χ2v) is 5.96. The third-order valence-electron chi connectivity index (χ3n) is 2.44. The third-order valence-corrected chi connectivity index (χ3v) is 3.70. The number of rotatable bonds is 6. The zero-order valence-corrected chi connectivity index (χ0v) is 11.3. The van der Waals surface area contributed by atoms with E-state index in [-0.39, 0.29) is 6.04 Å². The van der Waals surface area contributed by atoms with Gasteiger partial charge >= 0.3 is 0 Å². The van der Waals surface area contributed by atoms with Crippen molar-refractivity contribution in [2.75, 3.05) is 12.8 Å². The summed E-state index contributed by atoms with van der Waals surface area (Å²) in [6.07, 6.45) is 0.644. The summed E-state index contributed by atoms with van der Waals surface area (Å²) < 4.78 is 26.1. The molecule has 1 N–H and O–H groups in total. The van der Waals surface area contributed by atoms with Gasteiger partial charge in [-0.2, -0.15) is 11.8 Å². The highest BCUT2D eigenvalue weighted by Gasteiger charge is 2.10. The summed E-state index contributed by atoms with van der Waals surface area (Å²) in [5.41, 5.74) is 0.700. The molecule has 0 aliphatic rings. The minimum absolute atomic E-state index is 0.239. The molecule has 0 heterocycles. The molecule has 1 atom stereocenters. The Hall–Kier alpha value is -0.610. The summed E-state index contributed by atoms with van der Waals surface area (Å²) in [5, 5.41) is 3.74. The topological polar surface area (TPSA) is 12.0 Å². The van der Waals surface area contributed by atoms with Gasteiger partial charge in [0.2, 0.25) is 0 Å². The maximum Gasteiger partial charge on any atom is 0.126 e. The van der Waals surface area contributed by atoms with E-state index >= 15 is 0 Å². The van der Waals surface area contributed by atoms with E-state index in [1.54, 1.807) is 0 Å². The van der Waals surface area contributed by atoms with Crippen molar-refractivity contribution < 1.29 is 8.78 Å². The van der Waals surface area contributed by atoms with Crippen LogP contribution in [0, 0.1) is 11.6 Å². The van der Waals surface area contributed by atoms with Gasteiger partial charge in [0.15, 0.2) is 0 Å². The van der Waals surface area contributed by atoms with Gasteiger partial charge in [0.05, 0.1) is 0 Å². The quantitative estimate of drug-likeness (QED) is 0.841. The second-order valence-electron chi connectivity index (χ2n) is 4.35. The molecule has 0 aromatic heterocycles. The summed E-state index contributed by atoms with van der Waals surface area (Å²) in [5.74, 6) is -0.0792. The van der Waals surface area contributed by atoms with Crippen molar-refractivity contribution in [2.24, 2.45) is 0 Å². The van der Waals surface area contributed by atoms with Crippen molar-refractivity contribution in [3.63, 3.8) is 0 Å². The molecular formula is C13H19F2NS. The van der Waals surface area contributed by atoms with Gasteiger partial charge in [-0.15, -0.1) is 0 Å². The van der Waals surface area contributed by atoms with E-state index in [0.29, 0.717) is 17.2 Å². The Bertz CT molecular complexity index is 335. The molecule has 1 aromatic carbocycles. The Kier molecular flexibility index (Phi) is 5.92. The highest BCUT2D eigenvalue weighted by atomic mass is 32.2. The van der Waals surface area contributed by atoms with Gasteiger partial charge in [0.25, 0.3) is 0 Å². The standard InChI is InChI=1S/C13H19F2NS/c1-9(2)17-8-13(16-3)6-10-4-11(14)7-12(15)5-10/h4-5,7,9,13,16H,6,8H2,1-3H3. The molecule has 0 amide bonds. The van der Waals surface area contributed by atoms with Crippen molar-refractivity contribution in [3.05, 3.63) is 35.4 Å². The lowest BCUT2D eigenvalue weighted by molar-refractivity contribution is 0.569. The van der Waals surface area contributed by atoms with E-state index in [1.165, 1.54) is 12.1 Å². The van der Waals surface area contributed by atoms with Gasteiger partial charge in [0.1, 0.15) is 11.6 Å². The van der Waals surface area contributed by atoms with E-state index in [1.807, 2.05) is 18.8 Å². The highest BCUT2D eigenvalue weighted by Crippen LogP contribution is 2.15. The number of thioether (sulfide) groups is 1. The van der Waals surface area contributed by atoms with Crippen LogP contribution < -0.4 is 5.32 Å². The van der Waals surface area contributed by atoms with Crippen LogP contribution in [0.1, 0.15) is 19.4 Å². The van der Waals surface area contributed by atoms with E-state index in [9.17, 15) is 8.78 Å². The zero-order valence-electron chi connectivity index (χ0n) is 10.5. The molecule has 0 saturated carbocycles. The first-order valence-electron chi connectivity index (χ1n) is 5.75. The lowest BCUT2D eigenvalue weighted by atomic mass is 10.1. The van der Waals surface area contributed by atoms with Crippen LogP contribution in [0.4, 0.5) is 8.78 Å². The second kappa shape index (κ2) is 6.97. The van der Waals surface area contributed by atoms with Gasteiger partial charge in [0, 0.05) is 17.9 Å². The van der Waals surface area contributed by atoms with E-state index < -0.39 is 11.6 Å². The van der Waals surface area contributed by atoms with Crippen LogP contribution in [0.25, 0.3) is 0 Å². The van der Waals surface area contributed by atoms with Crippen molar-refractivity contribution in [2.45, 2.75) is 31.6 Å². The average Bonchev–Trinajstić information content (AvgIpc) is 2.22. The Morgan fingerprint density at radius 2 is 1.76 bits per heavy atom. The number of nitrogens with one attached hydrogen (secondary N) is 1. The van der Waals surface area contributed by atoms with Crippen LogP contribution in [0.15, 0.2) is 18.2 Å². The van der Waals surface area contributed by atoms with E-state index in [2.05, 4.69) is 19.2 Å². The summed E-state index contributed by atoms with van der Waals surface area (Å²) in [6.45, 7) is 4.28.